The van der Waals surface area contributed by atoms with Crippen LogP contribution in [0.4, 0.5) is 0 Å². The predicted octanol–water partition coefficient (Wildman–Crippen LogP) is 2.50. The van der Waals surface area contributed by atoms with Crippen molar-refractivity contribution < 1.29 is 9.31 Å². The number of hydrogen-bond acceptors (Lipinski definition) is 5. The molecule has 2 heterocycles. The summed E-state index contributed by atoms with van der Waals surface area (Å²) in [5, 5.41) is 6.00. The molecule has 6 heteroatoms. The second-order valence-corrected chi connectivity index (χ2v) is 6.61. The Morgan fingerprint density at radius 3 is 2.10 bits per heavy atom. The number of rotatable bonds is 2. The van der Waals surface area contributed by atoms with E-state index in [2.05, 4.69) is 37.3 Å². The second kappa shape index (κ2) is 4.65. The minimum atomic E-state index is -0.317. The molecule has 20 heavy (non-hydrogen) atoms. The van der Waals surface area contributed by atoms with Crippen molar-refractivity contribution in [2.45, 2.75) is 38.9 Å². The summed E-state index contributed by atoms with van der Waals surface area (Å²) >= 11 is 1.35. The number of hydrogen-bond donors (Lipinski definition) is 0. The first-order valence-electron chi connectivity index (χ1n) is 6.62. The topological polar surface area (TPSA) is 44.2 Å². The summed E-state index contributed by atoms with van der Waals surface area (Å²) in [5.41, 5.74) is 2.36. The highest BCUT2D eigenvalue weighted by molar-refractivity contribution is 7.03. The molecule has 3 rings (SSSR count). The van der Waals surface area contributed by atoms with E-state index < -0.39 is 0 Å². The molecular formula is C14H17BN2O2S. The van der Waals surface area contributed by atoms with E-state index in [4.69, 9.17) is 9.31 Å². The maximum Gasteiger partial charge on any atom is 0.494 e. The van der Waals surface area contributed by atoms with Crippen molar-refractivity contribution in [3.63, 3.8) is 0 Å². The maximum absolute atomic E-state index is 6.03. The first kappa shape index (κ1) is 13.7. The monoisotopic (exact) mass is 288 g/mol. The first-order chi connectivity index (χ1) is 9.39. The quantitative estimate of drug-likeness (QED) is 0.796. The minimum Gasteiger partial charge on any atom is -0.399 e. The van der Waals surface area contributed by atoms with Gasteiger partial charge in [-0.15, -0.1) is 5.10 Å². The Morgan fingerprint density at radius 2 is 1.60 bits per heavy atom. The Bertz CT molecular complexity index is 580. The van der Waals surface area contributed by atoms with Gasteiger partial charge in [-0.3, -0.25) is 0 Å². The molecule has 0 saturated carbocycles. The molecule has 0 bridgehead atoms. The number of nitrogens with zero attached hydrogens (tertiary/aromatic N) is 2. The Morgan fingerprint density at radius 1 is 1.00 bits per heavy atom. The lowest BCUT2D eigenvalue weighted by Gasteiger charge is -2.32. The zero-order valence-electron chi connectivity index (χ0n) is 12.1. The summed E-state index contributed by atoms with van der Waals surface area (Å²) in [4.78, 5) is 0. The van der Waals surface area contributed by atoms with E-state index in [0.29, 0.717) is 0 Å². The average molecular weight is 288 g/mol. The van der Waals surface area contributed by atoms with Crippen molar-refractivity contribution in [1.29, 1.82) is 0 Å². The molecule has 2 aromatic rings. The molecule has 0 amide bonds. The first-order valence-corrected chi connectivity index (χ1v) is 7.46. The molecule has 104 valence electrons. The van der Waals surface area contributed by atoms with Crippen molar-refractivity contribution >= 4 is 24.1 Å². The molecule has 0 atom stereocenters. The van der Waals surface area contributed by atoms with Gasteiger partial charge in [-0.2, -0.15) is 0 Å². The number of aromatic nitrogens is 2. The summed E-state index contributed by atoms with van der Waals surface area (Å²) < 4.78 is 15.9. The zero-order chi connectivity index (χ0) is 14.4. The lowest BCUT2D eigenvalue weighted by Crippen LogP contribution is -2.41. The third kappa shape index (κ3) is 2.28. The van der Waals surface area contributed by atoms with Crippen LogP contribution in [0, 0.1) is 0 Å². The zero-order valence-corrected chi connectivity index (χ0v) is 12.9. The van der Waals surface area contributed by atoms with Crippen molar-refractivity contribution in [2.75, 3.05) is 0 Å². The summed E-state index contributed by atoms with van der Waals surface area (Å²) in [6.07, 6.45) is 0. The molecule has 0 aliphatic carbocycles. The standard InChI is InChI=1S/C14H17BN2O2S/c1-13(2)14(3,4)19-15(18-13)11-7-5-10(6-8-11)12-9-20-17-16-12/h5-9H,1-4H3. The van der Waals surface area contributed by atoms with E-state index in [0.717, 1.165) is 16.7 Å². The normalized spacial score (nSPS) is 20.3. The van der Waals surface area contributed by atoms with Crippen molar-refractivity contribution in [1.82, 2.24) is 9.59 Å². The Labute approximate surface area is 123 Å². The fourth-order valence-corrected chi connectivity index (χ4v) is 2.55. The van der Waals surface area contributed by atoms with Crippen LogP contribution in [0.25, 0.3) is 11.3 Å². The molecule has 0 spiro atoms. The molecule has 1 aliphatic heterocycles. The highest BCUT2D eigenvalue weighted by Crippen LogP contribution is 2.36. The van der Waals surface area contributed by atoms with Crippen LogP contribution in [0.1, 0.15) is 27.7 Å². The van der Waals surface area contributed by atoms with E-state index in [9.17, 15) is 0 Å². The molecule has 1 aliphatic rings. The fourth-order valence-electron chi connectivity index (χ4n) is 2.08. The van der Waals surface area contributed by atoms with Crippen LogP contribution >= 0.6 is 11.5 Å². The molecule has 1 aromatic carbocycles. The van der Waals surface area contributed by atoms with E-state index >= 15 is 0 Å². The highest BCUT2D eigenvalue weighted by Gasteiger charge is 2.51. The summed E-state index contributed by atoms with van der Waals surface area (Å²) in [7, 11) is -0.317. The largest absolute Gasteiger partial charge is 0.494 e. The van der Waals surface area contributed by atoms with Gasteiger partial charge < -0.3 is 9.31 Å². The van der Waals surface area contributed by atoms with Gasteiger partial charge in [-0.05, 0) is 44.7 Å². The lowest BCUT2D eigenvalue weighted by molar-refractivity contribution is 0.00578. The van der Waals surface area contributed by atoms with Crippen LogP contribution in [0.15, 0.2) is 29.6 Å². The van der Waals surface area contributed by atoms with Gasteiger partial charge in [-0.25, -0.2) is 0 Å². The molecular weight excluding hydrogens is 271 g/mol. The molecule has 0 N–H and O–H groups in total. The molecule has 0 unspecified atom stereocenters. The van der Waals surface area contributed by atoms with Gasteiger partial charge in [0.25, 0.3) is 0 Å². The predicted molar refractivity (Wildman–Crippen MR) is 81.1 cm³/mol. The summed E-state index contributed by atoms with van der Waals surface area (Å²) in [5.74, 6) is 0. The SMILES string of the molecule is CC1(C)OB(c2ccc(-c3csnn3)cc2)OC1(C)C. The molecule has 1 saturated heterocycles. The van der Waals surface area contributed by atoms with E-state index in [1.807, 2.05) is 29.6 Å². The summed E-state index contributed by atoms with van der Waals surface area (Å²) in [6, 6.07) is 8.10. The van der Waals surface area contributed by atoms with Crippen LogP contribution in [0.5, 0.6) is 0 Å². The second-order valence-electron chi connectivity index (χ2n) is 6.00. The van der Waals surface area contributed by atoms with E-state index in [-0.39, 0.29) is 18.3 Å². The average Bonchev–Trinajstić information content (AvgIpc) is 2.97. The Kier molecular flexibility index (Phi) is 3.19. The van der Waals surface area contributed by atoms with E-state index in [1.165, 1.54) is 11.5 Å². The molecule has 1 fully saturated rings. The van der Waals surface area contributed by atoms with Gasteiger partial charge in [0, 0.05) is 10.9 Å². The third-order valence-corrected chi connectivity index (χ3v) is 4.60. The minimum absolute atomic E-state index is 0.310. The van der Waals surface area contributed by atoms with Crippen molar-refractivity contribution in [3.8, 4) is 11.3 Å². The molecule has 1 aromatic heterocycles. The number of benzene rings is 1. The van der Waals surface area contributed by atoms with Crippen LogP contribution < -0.4 is 5.46 Å². The van der Waals surface area contributed by atoms with Gasteiger partial charge in [0.1, 0.15) is 5.69 Å². The van der Waals surface area contributed by atoms with Gasteiger partial charge in [0.15, 0.2) is 0 Å². The fraction of sp³-hybridized carbons (Fsp3) is 0.429. The molecule has 4 nitrogen and oxygen atoms in total. The van der Waals surface area contributed by atoms with E-state index in [1.54, 1.807) is 0 Å². The smallest absolute Gasteiger partial charge is 0.399 e. The van der Waals surface area contributed by atoms with Gasteiger partial charge in [-0.1, -0.05) is 28.8 Å². The van der Waals surface area contributed by atoms with Crippen molar-refractivity contribution in [3.05, 3.63) is 29.6 Å². The van der Waals surface area contributed by atoms with Crippen molar-refractivity contribution in [2.24, 2.45) is 0 Å². The molecule has 0 radical (unpaired) electrons. The summed E-state index contributed by atoms with van der Waals surface area (Å²) in [6.45, 7) is 8.23. The Hall–Kier alpha value is -1.24. The van der Waals surface area contributed by atoms with Gasteiger partial charge in [0.2, 0.25) is 0 Å². The maximum atomic E-state index is 6.03. The van der Waals surface area contributed by atoms with Crippen LogP contribution in [0.2, 0.25) is 0 Å². The Balaban J connectivity index is 1.83. The van der Waals surface area contributed by atoms with Crippen LogP contribution in [0.3, 0.4) is 0 Å². The van der Waals surface area contributed by atoms with Gasteiger partial charge in [0.05, 0.1) is 11.2 Å². The van der Waals surface area contributed by atoms with Crippen LogP contribution in [-0.2, 0) is 9.31 Å². The van der Waals surface area contributed by atoms with Crippen LogP contribution in [-0.4, -0.2) is 27.9 Å². The van der Waals surface area contributed by atoms with Gasteiger partial charge >= 0.3 is 7.12 Å². The highest BCUT2D eigenvalue weighted by atomic mass is 32.1. The lowest BCUT2D eigenvalue weighted by atomic mass is 9.79. The third-order valence-electron chi connectivity index (χ3n) is 4.09.